The standard InChI is InChI=1S/C32H50N4O4.ClH/c1-25(2)35(23-27-11-15-29(39-5)16-12-27)21-19-33-31(37)9-7-8-10-32(38)34-20-22-36(26(3)4)24-28-13-17-30(40-6)18-14-28;/h11-18,25-26H,7-10,19-24H2,1-6H3,(H,33,37)(H,34,38);1H. The largest absolute Gasteiger partial charge is 0.497 e. The minimum absolute atomic E-state index is 0. The molecule has 8 nitrogen and oxygen atoms in total. The number of halogens is 1. The molecular formula is C32H51ClN4O4. The Hall–Kier alpha value is -2.81. The van der Waals surface area contributed by atoms with Gasteiger partial charge in [-0.25, -0.2) is 0 Å². The summed E-state index contributed by atoms with van der Waals surface area (Å²) in [5.74, 6) is 1.78. The quantitative estimate of drug-likeness (QED) is 0.223. The number of methoxy groups -OCH3 is 2. The predicted octanol–water partition coefficient (Wildman–Crippen LogP) is 5.04. The lowest BCUT2D eigenvalue weighted by Crippen LogP contribution is -2.38. The molecule has 41 heavy (non-hydrogen) atoms. The fraction of sp³-hybridized carbons (Fsp3) is 0.562. The Morgan fingerprint density at radius 3 is 1.29 bits per heavy atom. The second-order valence-electron chi connectivity index (χ2n) is 10.7. The minimum Gasteiger partial charge on any atom is -0.497 e. The second kappa shape index (κ2) is 20.1. The topological polar surface area (TPSA) is 83.1 Å². The molecule has 0 radical (unpaired) electrons. The first-order chi connectivity index (χ1) is 19.2. The first-order valence-electron chi connectivity index (χ1n) is 14.5. The van der Waals surface area contributed by atoms with Crippen LogP contribution in [0.4, 0.5) is 0 Å². The highest BCUT2D eigenvalue weighted by molar-refractivity contribution is 5.85. The summed E-state index contributed by atoms with van der Waals surface area (Å²) in [5.41, 5.74) is 2.43. The molecule has 0 aliphatic heterocycles. The molecule has 2 amide bonds. The third-order valence-electron chi connectivity index (χ3n) is 7.05. The van der Waals surface area contributed by atoms with Crippen molar-refractivity contribution in [3.8, 4) is 11.5 Å². The van der Waals surface area contributed by atoms with Crippen molar-refractivity contribution in [3.63, 3.8) is 0 Å². The molecule has 0 fully saturated rings. The Kier molecular flexibility index (Phi) is 17.8. The fourth-order valence-electron chi connectivity index (χ4n) is 4.40. The van der Waals surface area contributed by atoms with Crippen LogP contribution in [0.1, 0.15) is 64.5 Å². The number of unbranched alkanes of at least 4 members (excludes halogenated alkanes) is 1. The number of nitrogens with zero attached hydrogens (tertiary/aromatic N) is 2. The smallest absolute Gasteiger partial charge is 0.220 e. The van der Waals surface area contributed by atoms with Crippen LogP contribution in [0.15, 0.2) is 48.5 Å². The summed E-state index contributed by atoms with van der Waals surface area (Å²) in [6, 6.07) is 16.9. The van der Waals surface area contributed by atoms with Gasteiger partial charge in [-0.2, -0.15) is 0 Å². The lowest BCUT2D eigenvalue weighted by Gasteiger charge is -2.26. The zero-order valence-corrected chi connectivity index (χ0v) is 26.6. The molecule has 230 valence electrons. The van der Waals surface area contributed by atoms with Crippen molar-refractivity contribution in [3.05, 3.63) is 59.7 Å². The van der Waals surface area contributed by atoms with Crippen molar-refractivity contribution in [2.45, 2.75) is 78.6 Å². The molecule has 0 aliphatic carbocycles. The van der Waals surface area contributed by atoms with Gasteiger partial charge in [0.25, 0.3) is 0 Å². The number of nitrogens with one attached hydrogen (secondary N) is 2. The Labute approximate surface area is 253 Å². The number of rotatable bonds is 19. The van der Waals surface area contributed by atoms with Crippen LogP contribution in [-0.4, -0.2) is 74.1 Å². The monoisotopic (exact) mass is 590 g/mol. The van der Waals surface area contributed by atoms with Gasteiger partial charge >= 0.3 is 0 Å². The van der Waals surface area contributed by atoms with Crippen molar-refractivity contribution < 1.29 is 19.1 Å². The Morgan fingerprint density at radius 2 is 1.00 bits per heavy atom. The van der Waals surface area contributed by atoms with Gasteiger partial charge < -0.3 is 20.1 Å². The summed E-state index contributed by atoms with van der Waals surface area (Å²) < 4.78 is 10.5. The first kappa shape index (κ1) is 36.2. The van der Waals surface area contributed by atoms with Gasteiger partial charge in [0.1, 0.15) is 11.5 Å². The maximum atomic E-state index is 12.3. The fourth-order valence-corrected chi connectivity index (χ4v) is 4.40. The highest BCUT2D eigenvalue weighted by Gasteiger charge is 2.13. The van der Waals surface area contributed by atoms with E-state index in [4.69, 9.17) is 9.47 Å². The van der Waals surface area contributed by atoms with Crippen LogP contribution in [0.3, 0.4) is 0 Å². The lowest BCUT2D eigenvalue weighted by atomic mass is 10.1. The highest BCUT2D eigenvalue weighted by atomic mass is 35.5. The number of hydrogen-bond donors (Lipinski definition) is 2. The zero-order chi connectivity index (χ0) is 29.3. The minimum atomic E-state index is 0. The van der Waals surface area contributed by atoms with Gasteiger partial charge in [0.05, 0.1) is 14.2 Å². The zero-order valence-electron chi connectivity index (χ0n) is 25.8. The molecule has 2 rings (SSSR count). The van der Waals surface area contributed by atoms with E-state index in [1.54, 1.807) is 14.2 Å². The van der Waals surface area contributed by atoms with E-state index in [1.807, 2.05) is 24.3 Å². The van der Waals surface area contributed by atoms with Gasteiger partial charge in [0.15, 0.2) is 0 Å². The van der Waals surface area contributed by atoms with Crippen LogP contribution in [0, 0.1) is 0 Å². The van der Waals surface area contributed by atoms with Crippen LogP contribution in [0.2, 0.25) is 0 Å². The summed E-state index contributed by atoms with van der Waals surface area (Å²) in [4.78, 5) is 29.3. The second-order valence-corrected chi connectivity index (χ2v) is 10.7. The Balaban J connectivity index is 0.00000840. The molecule has 0 saturated carbocycles. The van der Waals surface area contributed by atoms with E-state index in [1.165, 1.54) is 11.1 Å². The van der Waals surface area contributed by atoms with E-state index in [0.717, 1.165) is 37.7 Å². The van der Waals surface area contributed by atoms with E-state index in [0.29, 0.717) is 50.9 Å². The summed E-state index contributed by atoms with van der Waals surface area (Å²) in [7, 11) is 3.33. The van der Waals surface area contributed by atoms with Crippen molar-refractivity contribution in [2.75, 3.05) is 40.4 Å². The average molecular weight is 591 g/mol. The van der Waals surface area contributed by atoms with Crippen molar-refractivity contribution in [1.29, 1.82) is 0 Å². The summed E-state index contributed by atoms with van der Waals surface area (Å²) >= 11 is 0. The van der Waals surface area contributed by atoms with E-state index < -0.39 is 0 Å². The first-order valence-corrected chi connectivity index (χ1v) is 14.5. The third-order valence-corrected chi connectivity index (χ3v) is 7.05. The molecule has 9 heteroatoms. The Morgan fingerprint density at radius 1 is 0.659 bits per heavy atom. The molecule has 2 N–H and O–H groups in total. The van der Waals surface area contributed by atoms with Crippen LogP contribution < -0.4 is 20.1 Å². The molecule has 0 spiro atoms. The van der Waals surface area contributed by atoms with E-state index in [2.05, 4.69) is 72.4 Å². The maximum Gasteiger partial charge on any atom is 0.220 e. The predicted molar refractivity (Wildman–Crippen MR) is 169 cm³/mol. The van der Waals surface area contributed by atoms with Gasteiger partial charge in [-0.3, -0.25) is 19.4 Å². The molecule has 0 aliphatic rings. The summed E-state index contributed by atoms with van der Waals surface area (Å²) in [6.45, 7) is 13.1. The van der Waals surface area contributed by atoms with E-state index in [-0.39, 0.29) is 24.2 Å². The molecule has 0 aromatic heterocycles. The number of benzene rings is 2. The van der Waals surface area contributed by atoms with Crippen LogP contribution in [0.5, 0.6) is 11.5 Å². The van der Waals surface area contributed by atoms with Crippen LogP contribution >= 0.6 is 12.4 Å². The van der Waals surface area contributed by atoms with Gasteiger partial charge in [0.2, 0.25) is 11.8 Å². The molecule has 0 saturated heterocycles. The van der Waals surface area contributed by atoms with Gasteiger partial charge in [-0.1, -0.05) is 24.3 Å². The Bertz CT molecular complexity index is 918. The van der Waals surface area contributed by atoms with Crippen molar-refractivity contribution in [1.82, 2.24) is 20.4 Å². The summed E-state index contributed by atoms with van der Waals surface area (Å²) in [6.07, 6.45) is 2.29. The molecule has 0 bridgehead atoms. The van der Waals surface area contributed by atoms with Crippen LogP contribution in [0.25, 0.3) is 0 Å². The molecule has 0 atom stereocenters. The number of carbonyl (C=O) groups excluding carboxylic acids is 2. The third kappa shape index (κ3) is 14.6. The average Bonchev–Trinajstić information content (AvgIpc) is 2.94. The molecule has 2 aromatic carbocycles. The number of amides is 2. The number of carbonyl (C=O) groups is 2. The molecular weight excluding hydrogens is 540 g/mol. The number of ether oxygens (including phenoxy) is 2. The SMILES string of the molecule is COc1ccc(CN(CCNC(=O)CCCCC(=O)NCCN(Cc2ccc(OC)cc2)C(C)C)C(C)C)cc1.Cl. The molecule has 0 unspecified atom stereocenters. The van der Waals surface area contributed by atoms with Crippen LogP contribution in [-0.2, 0) is 22.7 Å². The van der Waals surface area contributed by atoms with Gasteiger partial charge in [-0.05, 0) is 75.9 Å². The highest BCUT2D eigenvalue weighted by Crippen LogP contribution is 2.15. The van der Waals surface area contributed by atoms with E-state index >= 15 is 0 Å². The normalized spacial score (nSPS) is 11.1. The van der Waals surface area contributed by atoms with Crippen molar-refractivity contribution >= 4 is 24.2 Å². The maximum absolute atomic E-state index is 12.3. The lowest BCUT2D eigenvalue weighted by molar-refractivity contribution is -0.123. The van der Waals surface area contributed by atoms with Gasteiger partial charge in [-0.15, -0.1) is 12.4 Å². The number of hydrogen-bond acceptors (Lipinski definition) is 6. The van der Waals surface area contributed by atoms with Crippen molar-refractivity contribution in [2.24, 2.45) is 0 Å². The summed E-state index contributed by atoms with van der Waals surface area (Å²) in [5, 5.41) is 6.06. The molecule has 0 heterocycles. The van der Waals surface area contributed by atoms with Gasteiger partial charge in [0, 0.05) is 64.2 Å². The van der Waals surface area contributed by atoms with E-state index in [9.17, 15) is 9.59 Å². The molecule has 2 aromatic rings.